The minimum atomic E-state index is -0.0217. The Kier molecular flexibility index (Phi) is 3.49. The average molecular weight is 227 g/mol. The number of aryl methyl sites for hydroxylation is 2. The molecule has 0 aliphatic rings. The third kappa shape index (κ3) is 2.88. The van der Waals surface area contributed by atoms with E-state index in [9.17, 15) is 0 Å². The highest BCUT2D eigenvalue weighted by Crippen LogP contribution is 2.18. The van der Waals surface area contributed by atoms with E-state index < -0.39 is 0 Å². The topological polar surface area (TPSA) is 51.8 Å². The molecule has 0 aliphatic heterocycles. The first-order valence-electron chi connectivity index (χ1n) is 5.77. The van der Waals surface area contributed by atoms with E-state index in [4.69, 9.17) is 5.73 Å². The normalized spacial score (nSPS) is 12.4. The van der Waals surface area contributed by atoms with Crippen LogP contribution in [0.5, 0.6) is 0 Å². The SMILES string of the molecule is Cc1cc(C(N)Cc2ccccc2)c(C)nn1. The Labute approximate surface area is 102 Å². The van der Waals surface area contributed by atoms with E-state index >= 15 is 0 Å². The van der Waals surface area contributed by atoms with Crippen LogP contribution in [0, 0.1) is 13.8 Å². The number of aromatic nitrogens is 2. The molecule has 0 fully saturated rings. The van der Waals surface area contributed by atoms with E-state index in [0.29, 0.717) is 0 Å². The third-order valence-electron chi connectivity index (χ3n) is 2.84. The summed E-state index contributed by atoms with van der Waals surface area (Å²) < 4.78 is 0. The zero-order valence-corrected chi connectivity index (χ0v) is 10.2. The van der Waals surface area contributed by atoms with Crippen molar-refractivity contribution in [1.29, 1.82) is 0 Å². The largest absolute Gasteiger partial charge is 0.324 e. The van der Waals surface area contributed by atoms with E-state index in [-0.39, 0.29) is 6.04 Å². The van der Waals surface area contributed by atoms with Gasteiger partial charge in [0.05, 0.1) is 11.4 Å². The molecule has 3 heteroatoms. The lowest BCUT2D eigenvalue weighted by molar-refractivity contribution is 0.700. The van der Waals surface area contributed by atoms with Crippen molar-refractivity contribution in [2.24, 2.45) is 5.73 Å². The predicted molar refractivity (Wildman–Crippen MR) is 68.6 cm³/mol. The van der Waals surface area contributed by atoms with Crippen LogP contribution < -0.4 is 5.73 Å². The summed E-state index contributed by atoms with van der Waals surface area (Å²) in [6.07, 6.45) is 0.826. The van der Waals surface area contributed by atoms with Gasteiger partial charge in [-0.1, -0.05) is 30.3 Å². The van der Waals surface area contributed by atoms with Gasteiger partial charge in [0.1, 0.15) is 0 Å². The predicted octanol–water partition coefficient (Wildman–Crippen LogP) is 2.34. The molecule has 17 heavy (non-hydrogen) atoms. The summed E-state index contributed by atoms with van der Waals surface area (Å²) in [5.74, 6) is 0. The van der Waals surface area contributed by atoms with Crippen molar-refractivity contribution in [3.63, 3.8) is 0 Å². The molecule has 0 aliphatic carbocycles. The van der Waals surface area contributed by atoms with Gasteiger partial charge in [0.15, 0.2) is 0 Å². The molecule has 2 N–H and O–H groups in total. The molecule has 1 aromatic carbocycles. The summed E-state index contributed by atoms with van der Waals surface area (Å²) in [4.78, 5) is 0. The third-order valence-corrected chi connectivity index (χ3v) is 2.84. The molecule has 3 nitrogen and oxygen atoms in total. The first-order valence-corrected chi connectivity index (χ1v) is 5.77. The second-order valence-electron chi connectivity index (χ2n) is 4.32. The van der Waals surface area contributed by atoms with Crippen LogP contribution in [0.1, 0.15) is 28.6 Å². The first-order chi connectivity index (χ1) is 8.16. The molecule has 0 amide bonds. The van der Waals surface area contributed by atoms with Crippen molar-refractivity contribution in [3.05, 3.63) is 58.9 Å². The molecule has 0 bridgehead atoms. The minimum absolute atomic E-state index is 0.0217. The highest BCUT2D eigenvalue weighted by Gasteiger charge is 2.11. The highest BCUT2D eigenvalue weighted by molar-refractivity contribution is 5.26. The molecule has 2 rings (SSSR count). The summed E-state index contributed by atoms with van der Waals surface area (Å²) in [7, 11) is 0. The number of hydrogen-bond donors (Lipinski definition) is 1. The van der Waals surface area contributed by atoms with E-state index in [1.54, 1.807) is 0 Å². The van der Waals surface area contributed by atoms with Crippen LogP contribution >= 0.6 is 0 Å². The first kappa shape index (κ1) is 11.7. The second-order valence-corrected chi connectivity index (χ2v) is 4.32. The Hall–Kier alpha value is -1.74. The van der Waals surface area contributed by atoms with E-state index in [0.717, 1.165) is 23.4 Å². The molecule has 88 valence electrons. The van der Waals surface area contributed by atoms with Crippen molar-refractivity contribution >= 4 is 0 Å². The lowest BCUT2D eigenvalue weighted by Gasteiger charge is -2.14. The molecular weight excluding hydrogens is 210 g/mol. The fraction of sp³-hybridized carbons (Fsp3) is 0.286. The fourth-order valence-electron chi connectivity index (χ4n) is 1.92. The van der Waals surface area contributed by atoms with Crippen LogP contribution in [-0.2, 0) is 6.42 Å². The number of nitrogens with zero attached hydrogens (tertiary/aromatic N) is 2. The molecule has 0 saturated carbocycles. The quantitative estimate of drug-likeness (QED) is 0.875. The maximum Gasteiger partial charge on any atom is 0.0648 e. The standard InChI is InChI=1S/C14H17N3/c1-10-8-13(11(2)17-16-10)14(15)9-12-6-4-3-5-7-12/h3-8,14H,9,15H2,1-2H3. The zero-order chi connectivity index (χ0) is 12.3. The Balaban J connectivity index is 2.20. The lowest BCUT2D eigenvalue weighted by Crippen LogP contribution is -2.16. The van der Waals surface area contributed by atoms with Crippen molar-refractivity contribution in [1.82, 2.24) is 10.2 Å². The lowest BCUT2D eigenvalue weighted by atomic mass is 9.99. The molecular formula is C14H17N3. The van der Waals surface area contributed by atoms with E-state index in [1.165, 1.54) is 5.56 Å². The summed E-state index contributed by atoms with van der Waals surface area (Å²) in [6.45, 7) is 3.89. The molecule has 1 heterocycles. The molecule has 1 aromatic heterocycles. The zero-order valence-electron chi connectivity index (χ0n) is 10.2. The number of hydrogen-bond acceptors (Lipinski definition) is 3. The number of rotatable bonds is 3. The van der Waals surface area contributed by atoms with Crippen LogP contribution in [0.15, 0.2) is 36.4 Å². The van der Waals surface area contributed by atoms with Gasteiger partial charge in [0.2, 0.25) is 0 Å². The Morgan fingerprint density at radius 3 is 2.53 bits per heavy atom. The van der Waals surface area contributed by atoms with Crippen molar-refractivity contribution in [3.8, 4) is 0 Å². The monoisotopic (exact) mass is 227 g/mol. The molecule has 0 spiro atoms. The summed E-state index contributed by atoms with van der Waals surface area (Å²) in [6, 6.07) is 12.3. The maximum absolute atomic E-state index is 6.23. The summed E-state index contributed by atoms with van der Waals surface area (Å²) >= 11 is 0. The van der Waals surface area contributed by atoms with E-state index in [2.05, 4.69) is 22.3 Å². The molecule has 2 aromatic rings. The van der Waals surface area contributed by atoms with E-state index in [1.807, 2.05) is 38.1 Å². The van der Waals surface area contributed by atoms with Gasteiger partial charge in [-0.05, 0) is 37.5 Å². The molecule has 0 saturated heterocycles. The smallest absolute Gasteiger partial charge is 0.0648 e. The Bertz CT molecular complexity index is 494. The van der Waals surface area contributed by atoms with Gasteiger partial charge in [-0.3, -0.25) is 0 Å². The minimum Gasteiger partial charge on any atom is -0.324 e. The van der Waals surface area contributed by atoms with Crippen LogP contribution in [0.3, 0.4) is 0 Å². The summed E-state index contributed by atoms with van der Waals surface area (Å²) in [5, 5.41) is 8.13. The fourth-order valence-corrected chi connectivity index (χ4v) is 1.92. The number of nitrogens with two attached hydrogens (primary N) is 1. The van der Waals surface area contributed by atoms with Crippen LogP contribution in [0.25, 0.3) is 0 Å². The van der Waals surface area contributed by atoms with Crippen molar-refractivity contribution < 1.29 is 0 Å². The highest BCUT2D eigenvalue weighted by atomic mass is 15.1. The van der Waals surface area contributed by atoms with Crippen molar-refractivity contribution in [2.45, 2.75) is 26.3 Å². The second kappa shape index (κ2) is 5.06. The van der Waals surface area contributed by atoms with Gasteiger partial charge in [-0.2, -0.15) is 10.2 Å². The Morgan fingerprint density at radius 2 is 1.82 bits per heavy atom. The van der Waals surface area contributed by atoms with Gasteiger partial charge in [-0.15, -0.1) is 0 Å². The van der Waals surface area contributed by atoms with Gasteiger partial charge in [-0.25, -0.2) is 0 Å². The molecule has 1 unspecified atom stereocenters. The summed E-state index contributed by atoms with van der Waals surface area (Å²) in [5.41, 5.74) is 10.4. The van der Waals surface area contributed by atoms with Crippen LogP contribution in [-0.4, -0.2) is 10.2 Å². The van der Waals surface area contributed by atoms with Crippen LogP contribution in [0.2, 0.25) is 0 Å². The van der Waals surface area contributed by atoms with Gasteiger partial charge >= 0.3 is 0 Å². The van der Waals surface area contributed by atoms with Gasteiger partial charge in [0, 0.05) is 6.04 Å². The van der Waals surface area contributed by atoms with Crippen LogP contribution in [0.4, 0.5) is 0 Å². The average Bonchev–Trinajstić information content (AvgIpc) is 2.33. The molecule has 1 atom stereocenters. The number of benzene rings is 1. The maximum atomic E-state index is 6.23. The Morgan fingerprint density at radius 1 is 1.12 bits per heavy atom. The molecule has 0 radical (unpaired) electrons. The van der Waals surface area contributed by atoms with Gasteiger partial charge in [0.25, 0.3) is 0 Å². The van der Waals surface area contributed by atoms with Gasteiger partial charge < -0.3 is 5.73 Å². The van der Waals surface area contributed by atoms with Crippen molar-refractivity contribution in [2.75, 3.05) is 0 Å².